The first kappa shape index (κ1) is 19.5. The number of rotatable bonds is 3. The van der Waals surface area contributed by atoms with Gasteiger partial charge in [-0.15, -0.1) is 0 Å². The summed E-state index contributed by atoms with van der Waals surface area (Å²) in [7, 11) is 0. The van der Waals surface area contributed by atoms with Crippen LogP contribution in [-0.4, -0.2) is 49.4 Å². The molecule has 2 aromatic carbocycles. The molecule has 1 atom stereocenters. The van der Waals surface area contributed by atoms with Crippen LogP contribution in [-0.2, 0) is 9.59 Å². The summed E-state index contributed by atoms with van der Waals surface area (Å²) in [6, 6.07) is 14.6. The Labute approximate surface area is 172 Å². The average Bonchev–Trinajstić information content (AvgIpc) is 3.09. The van der Waals surface area contributed by atoms with Crippen LogP contribution in [0.15, 0.2) is 42.5 Å². The molecule has 5 heteroatoms. The van der Waals surface area contributed by atoms with Crippen molar-refractivity contribution in [1.29, 1.82) is 0 Å². The molecule has 0 saturated carbocycles. The first-order chi connectivity index (χ1) is 13.9. The Morgan fingerprint density at radius 2 is 1.66 bits per heavy atom. The van der Waals surface area contributed by atoms with Crippen LogP contribution in [0.2, 0.25) is 0 Å². The molecule has 2 fully saturated rings. The topological polar surface area (TPSA) is 43.9 Å². The van der Waals surface area contributed by atoms with E-state index in [-0.39, 0.29) is 17.7 Å². The van der Waals surface area contributed by atoms with Crippen LogP contribution in [0.1, 0.15) is 23.1 Å². The Morgan fingerprint density at radius 3 is 2.34 bits per heavy atom. The van der Waals surface area contributed by atoms with Crippen molar-refractivity contribution in [1.82, 2.24) is 4.90 Å². The molecule has 2 aliphatic heterocycles. The highest BCUT2D eigenvalue weighted by atomic mass is 16.2. The van der Waals surface area contributed by atoms with E-state index in [4.69, 9.17) is 0 Å². The lowest BCUT2D eigenvalue weighted by Gasteiger charge is -2.37. The van der Waals surface area contributed by atoms with Gasteiger partial charge in [0.1, 0.15) is 0 Å². The van der Waals surface area contributed by atoms with E-state index in [0.29, 0.717) is 26.1 Å². The number of carbonyl (C=O) groups excluding carboxylic acids is 2. The molecule has 152 valence electrons. The number of aryl methyl sites for hydroxylation is 3. The molecule has 2 heterocycles. The molecule has 2 saturated heterocycles. The van der Waals surface area contributed by atoms with Crippen LogP contribution in [0, 0.1) is 26.7 Å². The van der Waals surface area contributed by atoms with E-state index in [0.717, 1.165) is 24.3 Å². The lowest BCUT2D eigenvalue weighted by molar-refractivity contribution is -0.136. The van der Waals surface area contributed by atoms with Crippen molar-refractivity contribution in [3.05, 3.63) is 59.2 Å². The molecule has 5 nitrogen and oxygen atoms in total. The van der Waals surface area contributed by atoms with Gasteiger partial charge in [0.2, 0.25) is 11.8 Å². The zero-order valence-electron chi connectivity index (χ0n) is 17.5. The summed E-state index contributed by atoms with van der Waals surface area (Å²) in [4.78, 5) is 31.8. The van der Waals surface area contributed by atoms with Crippen LogP contribution < -0.4 is 9.80 Å². The van der Waals surface area contributed by atoms with Crippen molar-refractivity contribution < 1.29 is 9.59 Å². The molecular weight excluding hydrogens is 362 g/mol. The number of carbonyl (C=O) groups is 2. The molecule has 0 radical (unpaired) electrons. The smallest absolute Gasteiger partial charge is 0.228 e. The fraction of sp³-hybridized carbons (Fsp3) is 0.417. The molecular formula is C24H29N3O2. The molecule has 2 aliphatic rings. The number of nitrogens with zero attached hydrogens (tertiary/aromatic N) is 3. The monoisotopic (exact) mass is 391 g/mol. The number of benzene rings is 2. The third-order valence-electron chi connectivity index (χ3n) is 6.08. The Bertz CT molecular complexity index is 931. The van der Waals surface area contributed by atoms with Crippen molar-refractivity contribution in [3.63, 3.8) is 0 Å². The van der Waals surface area contributed by atoms with Crippen molar-refractivity contribution in [2.24, 2.45) is 5.92 Å². The summed E-state index contributed by atoms with van der Waals surface area (Å²) >= 11 is 0. The van der Waals surface area contributed by atoms with Gasteiger partial charge in [0.15, 0.2) is 0 Å². The SMILES string of the molecule is Cc1cccc(N2CCN(C(=O)C3CC(=O)N(c4ccc(C)cc4C)C3)CC2)c1. The number of amides is 2. The molecule has 0 aliphatic carbocycles. The molecule has 2 aromatic rings. The van der Waals surface area contributed by atoms with E-state index >= 15 is 0 Å². The summed E-state index contributed by atoms with van der Waals surface area (Å²) in [5.41, 5.74) is 5.65. The summed E-state index contributed by atoms with van der Waals surface area (Å²) in [6.45, 7) is 9.73. The Hall–Kier alpha value is -2.82. The van der Waals surface area contributed by atoms with Gasteiger partial charge in [-0.3, -0.25) is 9.59 Å². The van der Waals surface area contributed by atoms with Gasteiger partial charge in [0.25, 0.3) is 0 Å². The van der Waals surface area contributed by atoms with E-state index in [1.807, 2.05) is 30.9 Å². The van der Waals surface area contributed by atoms with Crippen LogP contribution in [0.4, 0.5) is 11.4 Å². The lowest BCUT2D eigenvalue weighted by Crippen LogP contribution is -2.50. The Morgan fingerprint density at radius 1 is 0.931 bits per heavy atom. The second-order valence-electron chi connectivity index (χ2n) is 8.35. The quantitative estimate of drug-likeness (QED) is 0.806. The highest BCUT2D eigenvalue weighted by Gasteiger charge is 2.38. The number of hydrogen-bond acceptors (Lipinski definition) is 3. The van der Waals surface area contributed by atoms with Crippen molar-refractivity contribution in [3.8, 4) is 0 Å². The molecule has 0 bridgehead atoms. The zero-order chi connectivity index (χ0) is 20.5. The minimum atomic E-state index is -0.242. The molecule has 29 heavy (non-hydrogen) atoms. The van der Waals surface area contributed by atoms with Crippen molar-refractivity contribution >= 4 is 23.2 Å². The minimum absolute atomic E-state index is 0.0497. The maximum Gasteiger partial charge on any atom is 0.228 e. The molecule has 1 unspecified atom stereocenters. The maximum absolute atomic E-state index is 13.1. The summed E-state index contributed by atoms with van der Waals surface area (Å²) in [5, 5.41) is 0. The third kappa shape index (κ3) is 4.00. The summed E-state index contributed by atoms with van der Waals surface area (Å²) in [5.74, 6) is -0.0723. The van der Waals surface area contributed by atoms with Crippen LogP contribution in [0.3, 0.4) is 0 Å². The first-order valence-corrected chi connectivity index (χ1v) is 10.4. The average molecular weight is 392 g/mol. The Balaban J connectivity index is 1.39. The van der Waals surface area contributed by atoms with Gasteiger partial charge in [0.05, 0.1) is 5.92 Å². The summed E-state index contributed by atoms with van der Waals surface area (Å²) in [6.07, 6.45) is 0.310. The van der Waals surface area contributed by atoms with Crippen LogP contribution in [0.5, 0.6) is 0 Å². The van der Waals surface area contributed by atoms with Gasteiger partial charge < -0.3 is 14.7 Å². The lowest BCUT2D eigenvalue weighted by atomic mass is 10.1. The van der Waals surface area contributed by atoms with Gasteiger partial charge in [-0.25, -0.2) is 0 Å². The standard InChI is InChI=1S/C24H29N3O2/c1-17-5-4-6-21(14-17)25-9-11-26(12-10-25)24(29)20-15-23(28)27(16-20)22-8-7-18(2)13-19(22)3/h4-8,13-14,20H,9-12,15-16H2,1-3H3. The van der Waals surface area contributed by atoms with Gasteiger partial charge in [0, 0.05) is 50.5 Å². The van der Waals surface area contributed by atoms with Crippen molar-refractivity contribution in [2.75, 3.05) is 42.5 Å². The second-order valence-corrected chi connectivity index (χ2v) is 8.35. The fourth-order valence-electron chi connectivity index (χ4n) is 4.48. The van der Waals surface area contributed by atoms with E-state index in [2.05, 4.69) is 42.2 Å². The molecule has 0 spiro atoms. The van der Waals surface area contributed by atoms with E-state index in [1.165, 1.54) is 16.8 Å². The first-order valence-electron chi connectivity index (χ1n) is 10.4. The van der Waals surface area contributed by atoms with Gasteiger partial charge >= 0.3 is 0 Å². The van der Waals surface area contributed by atoms with E-state index in [9.17, 15) is 9.59 Å². The second kappa shape index (κ2) is 7.90. The predicted molar refractivity (Wildman–Crippen MR) is 116 cm³/mol. The van der Waals surface area contributed by atoms with E-state index in [1.54, 1.807) is 4.90 Å². The Kier molecular flexibility index (Phi) is 5.31. The molecule has 4 rings (SSSR count). The number of piperazine rings is 1. The maximum atomic E-state index is 13.1. The highest BCUT2D eigenvalue weighted by molar-refractivity contribution is 6.00. The largest absolute Gasteiger partial charge is 0.368 e. The molecule has 2 amide bonds. The summed E-state index contributed by atoms with van der Waals surface area (Å²) < 4.78 is 0. The fourth-order valence-corrected chi connectivity index (χ4v) is 4.48. The normalized spacial score (nSPS) is 19.8. The predicted octanol–water partition coefficient (Wildman–Crippen LogP) is 3.31. The van der Waals surface area contributed by atoms with Gasteiger partial charge in [-0.2, -0.15) is 0 Å². The molecule has 0 N–H and O–H groups in total. The third-order valence-corrected chi connectivity index (χ3v) is 6.08. The van der Waals surface area contributed by atoms with Gasteiger partial charge in [-0.1, -0.05) is 29.8 Å². The number of anilines is 2. The van der Waals surface area contributed by atoms with Crippen LogP contribution >= 0.6 is 0 Å². The van der Waals surface area contributed by atoms with E-state index < -0.39 is 0 Å². The van der Waals surface area contributed by atoms with Gasteiger partial charge in [-0.05, 0) is 50.1 Å². The van der Waals surface area contributed by atoms with Crippen LogP contribution in [0.25, 0.3) is 0 Å². The number of hydrogen-bond donors (Lipinski definition) is 0. The highest BCUT2D eigenvalue weighted by Crippen LogP contribution is 2.30. The molecule has 0 aromatic heterocycles. The minimum Gasteiger partial charge on any atom is -0.368 e. The van der Waals surface area contributed by atoms with Crippen molar-refractivity contribution in [2.45, 2.75) is 27.2 Å². The zero-order valence-corrected chi connectivity index (χ0v) is 17.5.